The third-order valence-corrected chi connectivity index (χ3v) is 5.15. The van der Waals surface area contributed by atoms with Crippen molar-refractivity contribution in [2.24, 2.45) is 0 Å². The molecular formula is C18H10BrClN2O3S. The van der Waals surface area contributed by atoms with Crippen LogP contribution in [0.3, 0.4) is 0 Å². The lowest BCUT2D eigenvalue weighted by Gasteiger charge is -2.11. The smallest absolute Gasteiger partial charge is 0.298 e. The van der Waals surface area contributed by atoms with Gasteiger partial charge in [0.1, 0.15) is 6.07 Å². The Labute approximate surface area is 167 Å². The minimum atomic E-state index is -0.386. The van der Waals surface area contributed by atoms with Crippen molar-refractivity contribution in [3.05, 3.63) is 62.4 Å². The summed E-state index contributed by atoms with van der Waals surface area (Å²) >= 11 is 10.4. The molecule has 0 saturated carbocycles. The summed E-state index contributed by atoms with van der Waals surface area (Å²) in [6.45, 7) is -0.131. The van der Waals surface area contributed by atoms with Crippen molar-refractivity contribution in [1.29, 1.82) is 5.26 Å². The fraction of sp³-hybridized carbons (Fsp3) is 0.0556. The Morgan fingerprint density at radius 1 is 1.27 bits per heavy atom. The maximum Gasteiger partial charge on any atom is 0.298 e. The topological polar surface area (TPSA) is 70.4 Å². The van der Waals surface area contributed by atoms with E-state index in [0.29, 0.717) is 31.4 Å². The summed E-state index contributed by atoms with van der Waals surface area (Å²) < 4.78 is 5.81. The van der Waals surface area contributed by atoms with E-state index in [-0.39, 0.29) is 17.8 Å². The highest BCUT2D eigenvalue weighted by atomic mass is 79.9. The van der Waals surface area contributed by atoms with Gasteiger partial charge in [0.05, 0.1) is 20.1 Å². The Morgan fingerprint density at radius 3 is 2.65 bits per heavy atom. The van der Waals surface area contributed by atoms with Crippen LogP contribution in [0.1, 0.15) is 5.56 Å². The quantitative estimate of drug-likeness (QED) is 0.597. The average molecular weight is 450 g/mol. The van der Waals surface area contributed by atoms with Gasteiger partial charge in [-0.1, -0.05) is 29.8 Å². The molecule has 1 aliphatic heterocycles. The first-order chi connectivity index (χ1) is 12.5. The second kappa shape index (κ2) is 7.96. The number of hydrogen-bond acceptors (Lipinski definition) is 5. The van der Waals surface area contributed by atoms with E-state index in [9.17, 15) is 9.59 Å². The molecule has 0 atom stereocenters. The van der Waals surface area contributed by atoms with E-state index in [1.54, 1.807) is 42.5 Å². The molecule has 0 unspecified atom stereocenters. The number of para-hydroxylation sites is 1. The number of hydrogen-bond donors (Lipinski definition) is 0. The fourth-order valence-electron chi connectivity index (χ4n) is 2.32. The lowest BCUT2D eigenvalue weighted by molar-refractivity contribution is -0.113. The number of nitrogens with zero attached hydrogens (tertiary/aromatic N) is 2. The number of halogens is 2. The lowest BCUT2D eigenvalue weighted by Crippen LogP contribution is -2.27. The number of thioether (sulfide) groups is 1. The number of carbonyl (C=O) groups is 2. The van der Waals surface area contributed by atoms with Gasteiger partial charge in [-0.3, -0.25) is 9.59 Å². The lowest BCUT2D eigenvalue weighted by atomic mass is 10.2. The highest BCUT2D eigenvalue weighted by molar-refractivity contribution is 9.10. The van der Waals surface area contributed by atoms with Crippen molar-refractivity contribution in [3.8, 4) is 11.8 Å². The molecule has 1 saturated heterocycles. The molecule has 0 bridgehead atoms. The van der Waals surface area contributed by atoms with Gasteiger partial charge in [-0.05, 0) is 63.6 Å². The van der Waals surface area contributed by atoms with Gasteiger partial charge in [0.2, 0.25) is 0 Å². The van der Waals surface area contributed by atoms with Crippen LogP contribution in [-0.2, 0) is 4.79 Å². The van der Waals surface area contributed by atoms with Gasteiger partial charge in [-0.2, -0.15) is 5.26 Å². The third kappa shape index (κ3) is 3.78. The van der Waals surface area contributed by atoms with Crippen molar-refractivity contribution >= 4 is 62.2 Å². The van der Waals surface area contributed by atoms with Gasteiger partial charge in [0.25, 0.3) is 11.1 Å². The second-order valence-corrected chi connectivity index (χ2v) is 7.37. The Morgan fingerprint density at radius 2 is 2.00 bits per heavy atom. The molecule has 26 heavy (non-hydrogen) atoms. The molecule has 0 aromatic heterocycles. The van der Waals surface area contributed by atoms with Crippen LogP contribution in [0, 0.1) is 11.3 Å². The van der Waals surface area contributed by atoms with Gasteiger partial charge in [-0.25, -0.2) is 4.90 Å². The summed E-state index contributed by atoms with van der Waals surface area (Å²) in [6, 6.07) is 13.9. The zero-order valence-electron chi connectivity index (χ0n) is 13.1. The molecule has 8 heteroatoms. The van der Waals surface area contributed by atoms with Crippen molar-refractivity contribution in [1.82, 2.24) is 0 Å². The number of anilines is 1. The number of imide groups is 1. The summed E-state index contributed by atoms with van der Waals surface area (Å²) in [4.78, 5) is 26.3. The first-order valence-corrected chi connectivity index (χ1v) is 9.32. The fourth-order valence-corrected chi connectivity index (χ4v) is 4.15. The largest absolute Gasteiger partial charge is 0.476 e. The number of benzene rings is 2. The number of amides is 2. The molecule has 130 valence electrons. The minimum absolute atomic E-state index is 0.131. The van der Waals surface area contributed by atoms with Crippen LogP contribution in [0.2, 0.25) is 5.02 Å². The summed E-state index contributed by atoms with van der Waals surface area (Å²) in [7, 11) is 0. The van der Waals surface area contributed by atoms with E-state index >= 15 is 0 Å². The normalized spacial score (nSPS) is 15.4. The van der Waals surface area contributed by atoms with Gasteiger partial charge >= 0.3 is 0 Å². The van der Waals surface area contributed by atoms with E-state index in [2.05, 4.69) is 15.9 Å². The molecule has 0 spiro atoms. The zero-order valence-corrected chi connectivity index (χ0v) is 16.3. The molecule has 1 aliphatic rings. The average Bonchev–Trinajstić information content (AvgIpc) is 2.88. The Kier molecular flexibility index (Phi) is 5.67. The molecule has 0 aliphatic carbocycles. The highest BCUT2D eigenvalue weighted by Gasteiger charge is 2.36. The Hall–Kier alpha value is -2.27. The van der Waals surface area contributed by atoms with E-state index in [1.807, 2.05) is 12.1 Å². The van der Waals surface area contributed by atoms with Crippen LogP contribution < -0.4 is 9.64 Å². The Bertz CT molecular complexity index is 934. The molecule has 2 aromatic rings. The molecule has 1 heterocycles. The summed E-state index contributed by atoms with van der Waals surface area (Å²) in [5.74, 6) is -0.0361. The summed E-state index contributed by atoms with van der Waals surface area (Å²) in [5.41, 5.74) is 1.16. The van der Waals surface area contributed by atoms with Crippen LogP contribution >= 0.6 is 39.3 Å². The van der Waals surface area contributed by atoms with Crippen LogP contribution in [0.15, 0.2) is 51.8 Å². The summed E-state index contributed by atoms with van der Waals surface area (Å²) in [6.07, 6.45) is 1.60. The van der Waals surface area contributed by atoms with Gasteiger partial charge < -0.3 is 4.74 Å². The molecule has 5 nitrogen and oxygen atoms in total. The van der Waals surface area contributed by atoms with E-state index in [4.69, 9.17) is 21.6 Å². The first kappa shape index (κ1) is 18.5. The van der Waals surface area contributed by atoms with Crippen molar-refractivity contribution in [2.45, 2.75) is 0 Å². The highest BCUT2D eigenvalue weighted by Crippen LogP contribution is 2.38. The second-order valence-electron chi connectivity index (χ2n) is 5.11. The maximum absolute atomic E-state index is 12.6. The number of nitriles is 1. The predicted octanol–water partition coefficient (Wildman–Crippen LogP) is 5.25. The number of ether oxygens (including phenoxy) is 1. The Balaban J connectivity index is 1.90. The molecule has 2 amide bonds. The van der Waals surface area contributed by atoms with Crippen molar-refractivity contribution < 1.29 is 14.3 Å². The van der Waals surface area contributed by atoms with Crippen LogP contribution in [0.25, 0.3) is 6.08 Å². The van der Waals surface area contributed by atoms with Gasteiger partial charge in [0, 0.05) is 0 Å². The maximum atomic E-state index is 12.6. The van der Waals surface area contributed by atoms with Crippen molar-refractivity contribution in [2.75, 3.05) is 11.5 Å². The molecule has 3 rings (SSSR count). The molecular weight excluding hydrogens is 440 g/mol. The number of rotatable bonds is 4. The van der Waals surface area contributed by atoms with E-state index < -0.39 is 0 Å². The molecule has 1 fully saturated rings. The molecule has 2 aromatic carbocycles. The van der Waals surface area contributed by atoms with Crippen LogP contribution in [-0.4, -0.2) is 17.8 Å². The predicted molar refractivity (Wildman–Crippen MR) is 105 cm³/mol. The van der Waals surface area contributed by atoms with Crippen LogP contribution in [0.4, 0.5) is 10.5 Å². The minimum Gasteiger partial charge on any atom is -0.476 e. The number of carbonyl (C=O) groups excluding carboxylic acids is 2. The molecule has 0 radical (unpaired) electrons. The monoisotopic (exact) mass is 448 g/mol. The van der Waals surface area contributed by atoms with Crippen LogP contribution in [0.5, 0.6) is 5.75 Å². The van der Waals surface area contributed by atoms with E-state index in [0.717, 1.165) is 16.7 Å². The van der Waals surface area contributed by atoms with Gasteiger partial charge in [0.15, 0.2) is 12.4 Å². The van der Waals surface area contributed by atoms with Crippen molar-refractivity contribution in [3.63, 3.8) is 0 Å². The SMILES string of the molecule is N#CCOc1c(Cl)cc(/C=C2\SC(=O)N(c3ccccc3)C2=O)cc1Br. The van der Waals surface area contributed by atoms with Gasteiger partial charge in [-0.15, -0.1) is 0 Å². The zero-order chi connectivity index (χ0) is 18.7. The van der Waals surface area contributed by atoms with E-state index in [1.165, 1.54) is 0 Å². The molecule has 0 N–H and O–H groups in total. The third-order valence-electron chi connectivity index (χ3n) is 3.41. The summed E-state index contributed by atoms with van der Waals surface area (Å²) in [5, 5.41) is 8.55. The first-order valence-electron chi connectivity index (χ1n) is 7.33. The standard InChI is InChI=1S/C18H10BrClN2O3S/c19-13-8-11(9-14(20)16(13)25-7-6-21)10-15-17(23)22(18(24)26-15)12-4-2-1-3-5-12/h1-5,8-10H,7H2/b15-10-.